The van der Waals surface area contributed by atoms with Gasteiger partial charge in [-0.25, -0.2) is 4.79 Å². The van der Waals surface area contributed by atoms with Crippen molar-refractivity contribution in [1.82, 2.24) is 10.2 Å². The molecule has 0 unspecified atom stereocenters. The van der Waals surface area contributed by atoms with Gasteiger partial charge in [-0.2, -0.15) is 0 Å². The molecular formula is C17H21N3O4. The molecule has 0 radical (unpaired) electrons. The largest absolute Gasteiger partial charge is 0.325 e. The van der Waals surface area contributed by atoms with Crippen molar-refractivity contribution in [3.05, 3.63) is 39.9 Å². The molecule has 128 valence electrons. The number of carbonyl (C=O) groups is 2. The first-order valence-electron chi connectivity index (χ1n) is 8.39. The van der Waals surface area contributed by atoms with Gasteiger partial charge in [-0.05, 0) is 18.4 Å². The highest BCUT2D eigenvalue weighted by atomic mass is 16.6. The van der Waals surface area contributed by atoms with Crippen LogP contribution in [0.1, 0.15) is 50.5 Å². The predicted molar refractivity (Wildman–Crippen MR) is 87.2 cm³/mol. The fourth-order valence-electron chi connectivity index (χ4n) is 3.57. The van der Waals surface area contributed by atoms with E-state index in [1.807, 2.05) is 0 Å². The first-order valence-corrected chi connectivity index (χ1v) is 8.39. The fourth-order valence-corrected chi connectivity index (χ4v) is 3.57. The number of hydrogen-bond donors (Lipinski definition) is 1. The molecule has 1 saturated heterocycles. The van der Waals surface area contributed by atoms with Crippen molar-refractivity contribution in [2.45, 2.75) is 57.0 Å². The Morgan fingerprint density at radius 2 is 1.62 bits per heavy atom. The van der Waals surface area contributed by atoms with E-state index in [9.17, 15) is 19.7 Å². The van der Waals surface area contributed by atoms with Crippen LogP contribution in [0, 0.1) is 10.1 Å². The zero-order chi connectivity index (χ0) is 17.2. The maximum atomic E-state index is 12.9. The molecule has 1 spiro atoms. The van der Waals surface area contributed by atoms with Gasteiger partial charge in [0.1, 0.15) is 5.54 Å². The highest BCUT2D eigenvalue weighted by Gasteiger charge is 2.50. The quantitative estimate of drug-likeness (QED) is 0.523. The van der Waals surface area contributed by atoms with Crippen molar-refractivity contribution < 1.29 is 14.5 Å². The average molecular weight is 331 g/mol. The number of nitrogens with one attached hydrogen (secondary N) is 1. The highest BCUT2D eigenvalue weighted by molar-refractivity contribution is 6.07. The Morgan fingerprint density at radius 1 is 1.04 bits per heavy atom. The van der Waals surface area contributed by atoms with E-state index >= 15 is 0 Å². The van der Waals surface area contributed by atoms with E-state index in [1.54, 1.807) is 12.1 Å². The third-order valence-electron chi connectivity index (χ3n) is 4.94. The van der Waals surface area contributed by atoms with E-state index in [-0.39, 0.29) is 24.2 Å². The van der Waals surface area contributed by atoms with Gasteiger partial charge in [0, 0.05) is 12.1 Å². The number of nitrogens with zero attached hydrogens (tertiary/aromatic N) is 2. The van der Waals surface area contributed by atoms with Crippen LogP contribution in [-0.2, 0) is 11.3 Å². The van der Waals surface area contributed by atoms with Crippen molar-refractivity contribution >= 4 is 17.6 Å². The van der Waals surface area contributed by atoms with Crippen LogP contribution in [0.2, 0.25) is 0 Å². The summed E-state index contributed by atoms with van der Waals surface area (Å²) < 4.78 is 0. The van der Waals surface area contributed by atoms with Gasteiger partial charge >= 0.3 is 6.03 Å². The van der Waals surface area contributed by atoms with Gasteiger partial charge in [0.25, 0.3) is 11.6 Å². The second-order valence-electron chi connectivity index (χ2n) is 6.59. The first kappa shape index (κ1) is 16.4. The normalized spacial score (nSPS) is 20.6. The molecule has 1 heterocycles. The van der Waals surface area contributed by atoms with Crippen LogP contribution < -0.4 is 5.32 Å². The first-order chi connectivity index (χ1) is 11.5. The molecule has 1 aromatic rings. The Bertz CT molecular complexity index is 648. The maximum Gasteiger partial charge on any atom is 0.325 e. The number of hydrogen-bond acceptors (Lipinski definition) is 4. The summed E-state index contributed by atoms with van der Waals surface area (Å²) in [6.45, 7) is 0.143. The van der Waals surface area contributed by atoms with Crippen LogP contribution in [0.25, 0.3) is 0 Å². The van der Waals surface area contributed by atoms with Crippen molar-refractivity contribution in [3.63, 3.8) is 0 Å². The Hall–Kier alpha value is -2.44. The van der Waals surface area contributed by atoms with E-state index in [0.717, 1.165) is 25.7 Å². The zero-order valence-electron chi connectivity index (χ0n) is 13.5. The molecule has 0 bridgehead atoms. The summed E-state index contributed by atoms with van der Waals surface area (Å²) in [4.78, 5) is 36.7. The summed E-state index contributed by atoms with van der Waals surface area (Å²) in [6.07, 6.45) is 6.63. The number of benzene rings is 1. The lowest BCUT2D eigenvalue weighted by Gasteiger charge is -2.28. The van der Waals surface area contributed by atoms with Gasteiger partial charge in [0.05, 0.1) is 11.5 Å². The minimum atomic E-state index is -0.752. The SMILES string of the molecule is O=C1NC2(CCCCCCC2)C(=O)N1Cc1ccc([N+](=O)[O-])cc1. The monoisotopic (exact) mass is 331 g/mol. The summed E-state index contributed by atoms with van der Waals surface area (Å²) in [6, 6.07) is 5.58. The molecule has 1 aliphatic heterocycles. The lowest BCUT2D eigenvalue weighted by molar-refractivity contribution is -0.384. The van der Waals surface area contributed by atoms with Crippen LogP contribution >= 0.6 is 0 Å². The van der Waals surface area contributed by atoms with Crippen LogP contribution in [0.15, 0.2) is 24.3 Å². The van der Waals surface area contributed by atoms with E-state index in [0.29, 0.717) is 18.4 Å². The third-order valence-corrected chi connectivity index (χ3v) is 4.94. The Labute approximate surface area is 140 Å². The molecule has 0 atom stereocenters. The van der Waals surface area contributed by atoms with E-state index < -0.39 is 10.5 Å². The van der Waals surface area contributed by atoms with Gasteiger partial charge in [-0.1, -0.05) is 44.2 Å². The molecule has 24 heavy (non-hydrogen) atoms. The minimum absolute atomic E-state index is 0.00700. The van der Waals surface area contributed by atoms with Gasteiger partial charge in [0.2, 0.25) is 0 Å². The molecule has 3 amide bonds. The topological polar surface area (TPSA) is 92.6 Å². The van der Waals surface area contributed by atoms with Crippen molar-refractivity contribution in [3.8, 4) is 0 Å². The van der Waals surface area contributed by atoms with Gasteiger partial charge in [-0.3, -0.25) is 19.8 Å². The lowest BCUT2D eigenvalue weighted by atomic mass is 9.84. The van der Waals surface area contributed by atoms with E-state index in [4.69, 9.17) is 0 Å². The molecule has 2 fully saturated rings. The third kappa shape index (κ3) is 3.11. The minimum Gasteiger partial charge on any atom is -0.323 e. The number of nitro groups is 1. The van der Waals surface area contributed by atoms with Gasteiger partial charge < -0.3 is 5.32 Å². The number of rotatable bonds is 3. The maximum absolute atomic E-state index is 12.9. The second-order valence-corrected chi connectivity index (χ2v) is 6.59. The van der Waals surface area contributed by atoms with Gasteiger partial charge in [-0.15, -0.1) is 0 Å². The molecule has 1 saturated carbocycles. The molecule has 1 aliphatic carbocycles. The average Bonchev–Trinajstić information content (AvgIpc) is 2.77. The molecule has 7 nitrogen and oxygen atoms in total. The van der Waals surface area contributed by atoms with Crippen LogP contribution in [0.4, 0.5) is 10.5 Å². The molecule has 3 rings (SSSR count). The molecule has 7 heteroatoms. The number of urea groups is 1. The Morgan fingerprint density at radius 3 is 2.21 bits per heavy atom. The number of imide groups is 1. The number of carbonyl (C=O) groups excluding carboxylic acids is 2. The molecule has 0 aromatic heterocycles. The van der Waals surface area contributed by atoms with Crippen molar-refractivity contribution in [1.29, 1.82) is 0 Å². The number of amides is 3. The summed E-state index contributed by atoms with van der Waals surface area (Å²) in [5, 5.41) is 13.6. The fraction of sp³-hybridized carbons (Fsp3) is 0.529. The van der Waals surface area contributed by atoms with Gasteiger partial charge in [0.15, 0.2) is 0 Å². The van der Waals surface area contributed by atoms with E-state index in [2.05, 4.69) is 5.32 Å². The highest BCUT2D eigenvalue weighted by Crippen LogP contribution is 2.32. The number of non-ortho nitro benzene ring substituents is 1. The molecule has 1 aromatic carbocycles. The van der Waals surface area contributed by atoms with Crippen LogP contribution in [0.3, 0.4) is 0 Å². The summed E-state index contributed by atoms with van der Waals surface area (Å²) in [5.41, 5.74) is -0.0578. The van der Waals surface area contributed by atoms with Crippen molar-refractivity contribution in [2.75, 3.05) is 0 Å². The van der Waals surface area contributed by atoms with Crippen LogP contribution in [-0.4, -0.2) is 27.3 Å². The molecular weight excluding hydrogens is 310 g/mol. The smallest absolute Gasteiger partial charge is 0.323 e. The zero-order valence-corrected chi connectivity index (χ0v) is 13.5. The molecule has 2 aliphatic rings. The lowest BCUT2D eigenvalue weighted by Crippen LogP contribution is -2.47. The summed E-state index contributed by atoms with van der Waals surface area (Å²) >= 11 is 0. The standard InChI is InChI=1S/C17H21N3O4/c21-15-17(10-4-2-1-3-5-11-17)18-16(22)19(15)12-13-6-8-14(9-7-13)20(23)24/h6-9H,1-5,10-12H2,(H,18,22). The summed E-state index contributed by atoms with van der Waals surface area (Å²) in [7, 11) is 0. The Balaban J connectivity index is 1.75. The van der Waals surface area contributed by atoms with E-state index in [1.165, 1.54) is 23.5 Å². The number of nitro benzene ring substituents is 1. The summed E-state index contributed by atoms with van der Waals surface area (Å²) in [5.74, 6) is -0.159. The second kappa shape index (κ2) is 6.59. The van der Waals surface area contributed by atoms with Crippen LogP contribution in [0.5, 0.6) is 0 Å². The molecule has 1 N–H and O–H groups in total. The Kier molecular flexibility index (Phi) is 4.51. The predicted octanol–water partition coefficient (Wildman–Crippen LogP) is 3.13. The van der Waals surface area contributed by atoms with Crippen molar-refractivity contribution in [2.24, 2.45) is 0 Å².